The van der Waals surface area contributed by atoms with Crippen molar-refractivity contribution in [1.82, 2.24) is 5.32 Å². The van der Waals surface area contributed by atoms with Gasteiger partial charge < -0.3 is 10.6 Å². The van der Waals surface area contributed by atoms with Crippen LogP contribution in [0.2, 0.25) is 0 Å². The third kappa shape index (κ3) is 3.56. The molecule has 2 N–H and O–H groups in total. The van der Waals surface area contributed by atoms with Gasteiger partial charge in [-0.15, -0.1) is 0 Å². The summed E-state index contributed by atoms with van der Waals surface area (Å²) in [7, 11) is 0. The van der Waals surface area contributed by atoms with Gasteiger partial charge in [-0.2, -0.15) is 0 Å². The van der Waals surface area contributed by atoms with Gasteiger partial charge in [0, 0.05) is 24.6 Å². The Hall–Kier alpha value is -1.84. The predicted octanol–water partition coefficient (Wildman–Crippen LogP) is 1.89. The number of rotatable bonds is 4. The Bertz CT molecular complexity index is 495. The standard InChI is InChI=1S/C15H20N2O2/c1-10(2)15(19)16-8-7-11-3-5-13-12(9-11)4-6-14(18)17-13/h3,5,9-10H,4,6-8H2,1-2H3,(H,16,19)(H,17,18). The summed E-state index contributed by atoms with van der Waals surface area (Å²) in [5.41, 5.74) is 3.30. The number of carbonyl (C=O) groups is 2. The van der Waals surface area contributed by atoms with Crippen LogP contribution in [-0.2, 0) is 22.4 Å². The van der Waals surface area contributed by atoms with E-state index in [2.05, 4.69) is 16.7 Å². The second kappa shape index (κ2) is 5.87. The first-order chi connectivity index (χ1) is 9.06. The van der Waals surface area contributed by atoms with E-state index < -0.39 is 0 Å². The Kier molecular flexibility index (Phi) is 4.20. The summed E-state index contributed by atoms with van der Waals surface area (Å²) < 4.78 is 0. The molecular weight excluding hydrogens is 240 g/mol. The van der Waals surface area contributed by atoms with Crippen molar-refractivity contribution in [2.45, 2.75) is 33.1 Å². The molecule has 2 rings (SSSR count). The summed E-state index contributed by atoms with van der Waals surface area (Å²) in [4.78, 5) is 22.7. The average Bonchev–Trinajstić information content (AvgIpc) is 2.38. The van der Waals surface area contributed by atoms with E-state index in [1.165, 1.54) is 11.1 Å². The van der Waals surface area contributed by atoms with E-state index in [0.29, 0.717) is 13.0 Å². The summed E-state index contributed by atoms with van der Waals surface area (Å²) in [6, 6.07) is 6.08. The van der Waals surface area contributed by atoms with Gasteiger partial charge in [0.1, 0.15) is 0 Å². The number of benzene rings is 1. The lowest BCUT2D eigenvalue weighted by Gasteiger charge is -2.17. The van der Waals surface area contributed by atoms with Crippen LogP contribution in [0.3, 0.4) is 0 Å². The van der Waals surface area contributed by atoms with Gasteiger partial charge in [0.05, 0.1) is 0 Å². The Morgan fingerprint density at radius 3 is 2.89 bits per heavy atom. The first-order valence-corrected chi connectivity index (χ1v) is 6.75. The second-order valence-electron chi connectivity index (χ2n) is 5.24. The number of hydrogen-bond donors (Lipinski definition) is 2. The van der Waals surface area contributed by atoms with Crippen molar-refractivity contribution >= 4 is 17.5 Å². The molecule has 1 heterocycles. The van der Waals surface area contributed by atoms with Gasteiger partial charge >= 0.3 is 0 Å². The molecule has 2 amide bonds. The molecule has 1 aromatic rings. The van der Waals surface area contributed by atoms with Crippen molar-refractivity contribution in [1.29, 1.82) is 0 Å². The maximum atomic E-state index is 11.4. The Morgan fingerprint density at radius 1 is 1.37 bits per heavy atom. The molecule has 19 heavy (non-hydrogen) atoms. The molecule has 1 aromatic carbocycles. The maximum absolute atomic E-state index is 11.4. The fourth-order valence-corrected chi connectivity index (χ4v) is 2.13. The average molecular weight is 260 g/mol. The molecule has 0 fully saturated rings. The van der Waals surface area contributed by atoms with Crippen molar-refractivity contribution < 1.29 is 9.59 Å². The van der Waals surface area contributed by atoms with Crippen LogP contribution in [-0.4, -0.2) is 18.4 Å². The molecule has 0 radical (unpaired) electrons. The molecule has 0 saturated heterocycles. The minimum atomic E-state index is 0.0266. The summed E-state index contributed by atoms with van der Waals surface area (Å²) in [5, 5.41) is 5.78. The summed E-state index contributed by atoms with van der Waals surface area (Å²) >= 11 is 0. The van der Waals surface area contributed by atoms with E-state index in [4.69, 9.17) is 0 Å². The fourth-order valence-electron chi connectivity index (χ4n) is 2.13. The van der Waals surface area contributed by atoms with Crippen molar-refractivity contribution in [2.24, 2.45) is 5.92 Å². The van der Waals surface area contributed by atoms with Crippen LogP contribution in [0, 0.1) is 5.92 Å². The van der Waals surface area contributed by atoms with Crippen LogP contribution in [0.25, 0.3) is 0 Å². The van der Waals surface area contributed by atoms with Crippen LogP contribution >= 0.6 is 0 Å². The van der Waals surface area contributed by atoms with E-state index in [0.717, 1.165) is 18.5 Å². The quantitative estimate of drug-likeness (QED) is 0.868. The molecule has 4 heteroatoms. The van der Waals surface area contributed by atoms with E-state index in [1.54, 1.807) is 0 Å². The molecular formula is C15H20N2O2. The topological polar surface area (TPSA) is 58.2 Å². The van der Waals surface area contributed by atoms with Crippen molar-refractivity contribution in [3.63, 3.8) is 0 Å². The van der Waals surface area contributed by atoms with Crippen LogP contribution in [0.5, 0.6) is 0 Å². The van der Waals surface area contributed by atoms with Crippen molar-refractivity contribution in [2.75, 3.05) is 11.9 Å². The Morgan fingerprint density at radius 2 is 2.16 bits per heavy atom. The van der Waals surface area contributed by atoms with E-state index >= 15 is 0 Å². The number of anilines is 1. The SMILES string of the molecule is CC(C)C(=O)NCCc1ccc2c(c1)CCC(=O)N2. The molecule has 0 aromatic heterocycles. The molecule has 1 aliphatic rings. The number of fused-ring (bicyclic) bond motifs is 1. The minimum Gasteiger partial charge on any atom is -0.356 e. The van der Waals surface area contributed by atoms with Crippen LogP contribution in [0.4, 0.5) is 5.69 Å². The highest BCUT2D eigenvalue weighted by Gasteiger charge is 2.14. The van der Waals surface area contributed by atoms with E-state index in [1.807, 2.05) is 26.0 Å². The zero-order valence-corrected chi connectivity index (χ0v) is 11.5. The highest BCUT2D eigenvalue weighted by atomic mass is 16.2. The first kappa shape index (κ1) is 13.6. The van der Waals surface area contributed by atoms with Crippen molar-refractivity contribution in [3.8, 4) is 0 Å². The predicted molar refractivity (Wildman–Crippen MR) is 74.9 cm³/mol. The fraction of sp³-hybridized carbons (Fsp3) is 0.467. The zero-order valence-electron chi connectivity index (χ0n) is 11.5. The molecule has 0 spiro atoms. The van der Waals surface area contributed by atoms with Gasteiger partial charge in [-0.3, -0.25) is 9.59 Å². The molecule has 0 atom stereocenters. The first-order valence-electron chi connectivity index (χ1n) is 6.75. The summed E-state index contributed by atoms with van der Waals surface area (Å²) in [6.45, 7) is 4.43. The molecule has 102 valence electrons. The van der Waals surface area contributed by atoms with Crippen LogP contribution < -0.4 is 10.6 Å². The molecule has 0 aliphatic carbocycles. The molecule has 0 unspecified atom stereocenters. The van der Waals surface area contributed by atoms with Crippen LogP contribution in [0.1, 0.15) is 31.4 Å². The summed E-state index contributed by atoms with van der Waals surface area (Å²) in [5.74, 6) is 0.202. The van der Waals surface area contributed by atoms with Gasteiger partial charge in [-0.05, 0) is 30.0 Å². The minimum absolute atomic E-state index is 0.0266. The zero-order chi connectivity index (χ0) is 13.8. The number of hydrogen-bond acceptors (Lipinski definition) is 2. The maximum Gasteiger partial charge on any atom is 0.224 e. The largest absolute Gasteiger partial charge is 0.356 e. The number of aryl methyl sites for hydroxylation is 1. The molecule has 0 saturated carbocycles. The molecule has 4 nitrogen and oxygen atoms in total. The lowest BCUT2D eigenvalue weighted by atomic mass is 9.99. The summed E-state index contributed by atoms with van der Waals surface area (Å²) in [6.07, 6.45) is 2.17. The third-order valence-corrected chi connectivity index (χ3v) is 3.30. The lowest BCUT2D eigenvalue weighted by Crippen LogP contribution is -2.29. The van der Waals surface area contributed by atoms with Gasteiger partial charge in [0.2, 0.25) is 11.8 Å². The molecule has 1 aliphatic heterocycles. The van der Waals surface area contributed by atoms with Gasteiger partial charge in [0.25, 0.3) is 0 Å². The highest BCUT2D eigenvalue weighted by molar-refractivity contribution is 5.93. The van der Waals surface area contributed by atoms with Crippen LogP contribution in [0.15, 0.2) is 18.2 Å². The van der Waals surface area contributed by atoms with E-state index in [9.17, 15) is 9.59 Å². The normalized spacial score (nSPS) is 13.9. The number of carbonyl (C=O) groups excluding carboxylic acids is 2. The molecule has 0 bridgehead atoms. The van der Waals surface area contributed by atoms with E-state index in [-0.39, 0.29) is 17.7 Å². The van der Waals surface area contributed by atoms with Gasteiger partial charge in [-0.1, -0.05) is 26.0 Å². The second-order valence-corrected chi connectivity index (χ2v) is 5.24. The van der Waals surface area contributed by atoms with Gasteiger partial charge in [-0.25, -0.2) is 0 Å². The van der Waals surface area contributed by atoms with Crippen molar-refractivity contribution in [3.05, 3.63) is 29.3 Å². The Balaban J connectivity index is 1.92. The number of amides is 2. The third-order valence-electron chi connectivity index (χ3n) is 3.30. The van der Waals surface area contributed by atoms with Gasteiger partial charge in [0.15, 0.2) is 0 Å². The Labute approximate surface area is 113 Å². The smallest absolute Gasteiger partial charge is 0.224 e. The highest BCUT2D eigenvalue weighted by Crippen LogP contribution is 2.23. The lowest BCUT2D eigenvalue weighted by molar-refractivity contribution is -0.124. The number of nitrogens with one attached hydrogen (secondary N) is 2. The monoisotopic (exact) mass is 260 g/mol.